The molecule has 0 aromatic rings. The van der Waals surface area contributed by atoms with Crippen LogP contribution in [0.1, 0.15) is 20.3 Å². The van der Waals surface area contributed by atoms with Crippen LogP contribution in [-0.4, -0.2) is 37.0 Å². The van der Waals surface area contributed by atoms with Crippen molar-refractivity contribution < 1.29 is 14.3 Å². The van der Waals surface area contributed by atoms with Gasteiger partial charge in [0.05, 0.1) is 6.54 Å². The third kappa shape index (κ3) is 4.64. The van der Waals surface area contributed by atoms with Gasteiger partial charge in [0.15, 0.2) is 0 Å². The maximum Gasteiger partial charge on any atom is 0.333 e. The van der Waals surface area contributed by atoms with E-state index in [1.165, 1.54) is 4.90 Å². The lowest BCUT2D eigenvalue weighted by Crippen LogP contribution is -2.30. The van der Waals surface area contributed by atoms with Crippen LogP contribution in [0.4, 0.5) is 0 Å². The maximum atomic E-state index is 11.1. The summed E-state index contributed by atoms with van der Waals surface area (Å²) in [6.07, 6.45) is 0.463. The van der Waals surface area contributed by atoms with Crippen LogP contribution in [0.25, 0.3) is 0 Å². The SMILES string of the molecule is C=C(C)C(=O)OCCN(C)C(=O)CC. The van der Waals surface area contributed by atoms with Crippen molar-refractivity contribution in [3.63, 3.8) is 0 Å². The molecule has 0 aliphatic rings. The van der Waals surface area contributed by atoms with E-state index in [0.717, 1.165) is 0 Å². The van der Waals surface area contributed by atoms with E-state index < -0.39 is 5.97 Å². The lowest BCUT2D eigenvalue weighted by atomic mass is 10.4. The Labute approximate surface area is 84.5 Å². The minimum Gasteiger partial charge on any atom is -0.460 e. The molecule has 0 saturated heterocycles. The van der Waals surface area contributed by atoms with E-state index in [1.54, 1.807) is 20.9 Å². The molecule has 0 fully saturated rings. The van der Waals surface area contributed by atoms with Crippen LogP contribution in [0.3, 0.4) is 0 Å². The molecule has 80 valence electrons. The van der Waals surface area contributed by atoms with Gasteiger partial charge in [0.25, 0.3) is 0 Å². The Morgan fingerprint density at radius 3 is 2.43 bits per heavy atom. The predicted octanol–water partition coefficient (Wildman–Crippen LogP) is 0.974. The summed E-state index contributed by atoms with van der Waals surface area (Å²) in [5.74, 6) is -0.376. The summed E-state index contributed by atoms with van der Waals surface area (Å²) in [6.45, 7) is 7.46. The quantitative estimate of drug-likeness (QED) is 0.489. The highest BCUT2D eigenvalue weighted by atomic mass is 16.5. The average Bonchev–Trinajstić information content (AvgIpc) is 2.15. The van der Waals surface area contributed by atoms with Gasteiger partial charge in [-0.25, -0.2) is 4.79 Å². The van der Waals surface area contributed by atoms with E-state index in [0.29, 0.717) is 18.5 Å². The van der Waals surface area contributed by atoms with Gasteiger partial charge in [0.1, 0.15) is 6.61 Å². The highest BCUT2D eigenvalue weighted by Gasteiger charge is 2.07. The molecule has 0 aliphatic carbocycles. The van der Waals surface area contributed by atoms with Crippen LogP contribution in [-0.2, 0) is 14.3 Å². The summed E-state index contributed by atoms with van der Waals surface area (Å²) < 4.78 is 4.84. The number of hydrogen-bond donors (Lipinski definition) is 0. The molecule has 4 nitrogen and oxygen atoms in total. The van der Waals surface area contributed by atoms with Crippen LogP contribution < -0.4 is 0 Å². The number of ether oxygens (including phenoxy) is 1. The van der Waals surface area contributed by atoms with Gasteiger partial charge in [-0.3, -0.25) is 4.79 Å². The zero-order chi connectivity index (χ0) is 11.1. The number of carbonyl (C=O) groups is 2. The minimum absolute atomic E-state index is 0.0383. The van der Waals surface area contributed by atoms with Gasteiger partial charge in [-0.1, -0.05) is 13.5 Å². The second kappa shape index (κ2) is 6.18. The standard InChI is InChI=1S/C10H17NO3/c1-5-9(12)11(4)6-7-14-10(13)8(2)3/h2,5-7H2,1,3-4H3. The lowest BCUT2D eigenvalue weighted by Gasteiger charge is -2.15. The van der Waals surface area contributed by atoms with Gasteiger partial charge >= 0.3 is 5.97 Å². The van der Waals surface area contributed by atoms with Crippen molar-refractivity contribution >= 4 is 11.9 Å². The molecule has 0 heterocycles. The van der Waals surface area contributed by atoms with E-state index in [1.807, 2.05) is 0 Å². The van der Waals surface area contributed by atoms with E-state index >= 15 is 0 Å². The molecular formula is C10H17NO3. The van der Waals surface area contributed by atoms with Crippen molar-refractivity contribution in [3.05, 3.63) is 12.2 Å². The molecule has 0 saturated carbocycles. The van der Waals surface area contributed by atoms with Crippen LogP contribution in [0, 0.1) is 0 Å². The van der Waals surface area contributed by atoms with Crippen LogP contribution in [0.2, 0.25) is 0 Å². The van der Waals surface area contributed by atoms with E-state index in [2.05, 4.69) is 6.58 Å². The van der Waals surface area contributed by atoms with Gasteiger partial charge in [-0.2, -0.15) is 0 Å². The summed E-state index contributed by atoms with van der Waals surface area (Å²) in [4.78, 5) is 23.6. The largest absolute Gasteiger partial charge is 0.460 e. The normalized spacial score (nSPS) is 9.36. The van der Waals surface area contributed by atoms with Crippen LogP contribution in [0.15, 0.2) is 12.2 Å². The zero-order valence-corrected chi connectivity index (χ0v) is 9.00. The van der Waals surface area contributed by atoms with Gasteiger partial charge in [0, 0.05) is 19.0 Å². The average molecular weight is 199 g/mol. The number of esters is 1. The number of carbonyl (C=O) groups excluding carboxylic acids is 2. The summed E-state index contributed by atoms with van der Waals surface area (Å²) in [5.41, 5.74) is 0.370. The smallest absolute Gasteiger partial charge is 0.333 e. The number of hydrogen-bond acceptors (Lipinski definition) is 3. The molecule has 4 heteroatoms. The first kappa shape index (κ1) is 12.7. The highest BCUT2D eigenvalue weighted by Crippen LogP contribution is 1.94. The number of rotatable bonds is 5. The molecule has 0 aliphatic heterocycles. The Balaban J connectivity index is 3.69. The lowest BCUT2D eigenvalue weighted by molar-refractivity contribution is -0.141. The fraction of sp³-hybridized carbons (Fsp3) is 0.600. The molecular weight excluding hydrogens is 182 g/mol. The molecule has 14 heavy (non-hydrogen) atoms. The first-order valence-electron chi connectivity index (χ1n) is 4.55. The molecule has 0 radical (unpaired) electrons. The highest BCUT2D eigenvalue weighted by molar-refractivity contribution is 5.86. The monoisotopic (exact) mass is 199 g/mol. The number of nitrogens with zero attached hydrogens (tertiary/aromatic N) is 1. The van der Waals surface area contributed by atoms with Crippen molar-refractivity contribution in [2.24, 2.45) is 0 Å². The Hall–Kier alpha value is -1.32. The van der Waals surface area contributed by atoms with Crippen molar-refractivity contribution in [1.29, 1.82) is 0 Å². The van der Waals surface area contributed by atoms with E-state index in [-0.39, 0.29) is 12.5 Å². The molecule has 0 aromatic heterocycles. The Kier molecular flexibility index (Phi) is 5.60. The van der Waals surface area contributed by atoms with Crippen molar-refractivity contribution in [3.8, 4) is 0 Å². The third-order valence-corrected chi connectivity index (χ3v) is 1.74. The van der Waals surface area contributed by atoms with Crippen LogP contribution in [0.5, 0.6) is 0 Å². The Morgan fingerprint density at radius 1 is 1.43 bits per heavy atom. The molecule has 0 aromatic carbocycles. The fourth-order valence-corrected chi connectivity index (χ4v) is 0.793. The van der Waals surface area contributed by atoms with Gasteiger partial charge in [-0.15, -0.1) is 0 Å². The van der Waals surface area contributed by atoms with E-state index in [4.69, 9.17) is 4.74 Å². The Morgan fingerprint density at radius 2 is 2.00 bits per heavy atom. The Bertz CT molecular complexity index is 236. The zero-order valence-electron chi connectivity index (χ0n) is 9.00. The van der Waals surface area contributed by atoms with Gasteiger partial charge in [0.2, 0.25) is 5.91 Å². The summed E-state index contributed by atoms with van der Waals surface area (Å²) in [6, 6.07) is 0. The molecule has 0 unspecified atom stereocenters. The first-order valence-corrected chi connectivity index (χ1v) is 4.55. The maximum absolute atomic E-state index is 11.1. The third-order valence-electron chi connectivity index (χ3n) is 1.74. The molecule has 0 bridgehead atoms. The first-order chi connectivity index (χ1) is 6.49. The molecule has 0 spiro atoms. The second-order valence-corrected chi connectivity index (χ2v) is 3.09. The molecule has 0 rings (SSSR count). The number of amides is 1. The molecule has 0 N–H and O–H groups in total. The van der Waals surface area contributed by atoms with Crippen molar-refractivity contribution in [1.82, 2.24) is 4.90 Å². The van der Waals surface area contributed by atoms with Crippen molar-refractivity contribution in [2.75, 3.05) is 20.2 Å². The molecule has 0 atom stereocenters. The van der Waals surface area contributed by atoms with Gasteiger partial charge in [-0.05, 0) is 6.92 Å². The van der Waals surface area contributed by atoms with Gasteiger partial charge < -0.3 is 9.64 Å². The minimum atomic E-state index is -0.414. The number of likely N-dealkylation sites (N-methyl/N-ethyl adjacent to an activating group) is 1. The van der Waals surface area contributed by atoms with Crippen LogP contribution >= 0.6 is 0 Å². The summed E-state index contributed by atoms with van der Waals surface area (Å²) in [5, 5.41) is 0. The second-order valence-electron chi connectivity index (χ2n) is 3.09. The molecule has 1 amide bonds. The summed E-state index contributed by atoms with van der Waals surface area (Å²) >= 11 is 0. The fourth-order valence-electron chi connectivity index (χ4n) is 0.793. The summed E-state index contributed by atoms with van der Waals surface area (Å²) in [7, 11) is 1.68. The van der Waals surface area contributed by atoms with E-state index in [9.17, 15) is 9.59 Å². The predicted molar refractivity (Wildman–Crippen MR) is 53.7 cm³/mol. The topological polar surface area (TPSA) is 46.6 Å². The van der Waals surface area contributed by atoms with Crippen molar-refractivity contribution in [2.45, 2.75) is 20.3 Å².